The number of methoxy groups -OCH3 is 1. The van der Waals surface area contributed by atoms with Gasteiger partial charge in [0, 0.05) is 0 Å². The fourth-order valence-electron chi connectivity index (χ4n) is 2.17. The van der Waals surface area contributed by atoms with Crippen LogP contribution in [0.25, 0.3) is 0 Å². The Morgan fingerprint density at radius 1 is 0.730 bits per heavy atom. The molecule has 0 spiro atoms. The topological polar surface area (TPSA) is 55.4 Å². The Labute approximate surface area is 201 Å². The first kappa shape index (κ1) is 32.8. The average molecular weight is 620 g/mol. The molecule has 0 bridgehead atoms. The van der Waals surface area contributed by atoms with Crippen LogP contribution in [-0.2, 0) is 9.53 Å². The van der Waals surface area contributed by atoms with E-state index in [0.717, 1.165) is 5.38 Å². The van der Waals surface area contributed by atoms with Crippen molar-refractivity contribution in [2.24, 2.45) is 0 Å². The molecule has 1 amide bonds. The molecule has 0 aliphatic heterocycles. The van der Waals surface area contributed by atoms with Gasteiger partial charge in [0.2, 0.25) is 0 Å². The van der Waals surface area contributed by atoms with Crippen LogP contribution in [-0.4, -0.2) is 65.8 Å². The highest BCUT2D eigenvalue weighted by molar-refractivity contribution is 7.12. The summed E-state index contributed by atoms with van der Waals surface area (Å²) in [6.45, 7) is 0. The van der Waals surface area contributed by atoms with Gasteiger partial charge in [-0.25, -0.2) is 4.79 Å². The molecule has 214 valence electrons. The molecule has 1 heterocycles. The lowest BCUT2D eigenvalue weighted by Crippen LogP contribution is -2.75. The van der Waals surface area contributed by atoms with Crippen molar-refractivity contribution in [2.45, 2.75) is 46.8 Å². The van der Waals surface area contributed by atoms with Gasteiger partial charge < -0.3 is 10.1 Å². The maximum atomic E-state index is 13.9. The Morgan fingerprint density at radius 3 is 1.49 bits per heavy atom. The smallest absolute Gasteiger partial charge is 0.393 e. The second-order valence-electron chi connectivity index (χ2n) is 6.63. The summed E-state index contributed by atoms with van der Waals surface area (Å²) in [7, 11) is 0.665. The summed E-state index contributed by atoms with van der Waals surface area (Å²) in [5.41, 5.74) is -1.20. The van der Waals surface area contributed by atoms with Crippen molar-refractivity contribution in [3.63, 3.8) is 0 Å². The van der Waals surface area contributed by atoms with Crippen molar-refractivity contribution in [1.29, 1.82) is 0 Å². The zero-order valence-corrected chi connectivity index (χ0v) is 18.3. The highest BCUT2D eigenvalue weighted by Gasteiger charge is 2.95. The second-order valence-corrected chi connectivity index (χ2v) is 8.02. The zero-order chi connectivity index (χ0) is 29.8. The number of rotatable bonds is 10. The monoisotopic (exact) mass is 619 g/mol. The molecule has 0 unspecified atom stereocenters. The van der Waals surface area contributed by atoms with E-state index < -0.39 is 69.3 Å². The molecule has 0 aliphatic carbocycles. The molecule has 0 saturated heterocycles. The van der Waals surface area contributed by atoms with E-state index in [0.29, 0.717) is 18.5 Å². The van der Waals surface area contributed by atoms with Crippen LogP contribution in [0.1, 0.15) is 9.67 Å². The van der Waals surface area contributed by atoms with Crippen molar-refractivity contribution in [1.82, 2.24) is 0 Å². The lowest BCUT2D eigenvalue weighted by Gasteiger charge is -2.42. The Bertz CT molecular complexity index is 1030. The molecule has 0 atom stereocenters. The van der Waals surface area contributed by atoms with Crippen LogP contribution in [0.15, 0.2) is 11.4 Å². The summed E-state index contributed by atoms with van der Waals surface area (Å²) in [5, 5.41) is -5.44. The number of hydrogen-bond donors (Lipinski definition) is 1. The van der Waals surface area contributed by atoms with Gasteiger partial charge in [-0.1, -0.05) is 0 Å². The average Bonchev–Trinajstić information content (AvgIpc) is 3.19. The maximum Gasteiger partial charge on any atom is 0.393 e. The first-order valence-corrected chi connectivity index (χ1v) is 9.55. The molecule has 0 fully saturated rings. The molecule has 0 aromatic carbocycles. The summed E-state index contributed by atoms with van der Waals surface area (Å²) >= 11 is 3.66. The van der Waals surface area contributed by atoms with Crippen LogP contribution >= 0.6 is 22.9 Å². The highest BCUT2D eigenvalue weighted by Crippen LogP contribution is 2.64. The van der Waals surface area contributed by atoms with Gasteiger partial charge in [-0.3, -0.25) is 4.79 Å². The lowest BCUT2D eigenvalue weighted by atomic mass is 9.89. The molecule has 1 N–H and O–H groups in total. The Balaban J connectivity index is 3.59. The summed E-state index contributed by atoms with van der Waals surface area (Å²) in [5.74, 6) is -62.7. The summed E-state index contributed by atoms with van der Waals surface area (Å²) in [6, 6.07) is 0.471. The van der Waals surface area contributed by atoms with E-state index in [-0.39, 0.29) is 11.3 Å². The maximum absolute atomic E-state index is 13.9. The summed E-state index contributed by atoms with van der Waals surface area (Å²) in [4.78, 5) is 22.0. The van der Waals surface area contributed by atoms with Gasteiger partial charge in [0.15, 0.2) is 0 Å². The van der Waals surface area contributed by atoms with Crippen LogP contribution in [0.5, 0.6) is 0 Å². The molecule has 0 saturated carbocycles. The number of esters is 1. The van der Waals surface area contributed by atoms with Crippen molar-refractivity contribution >= 4 is 40.5 Å². The number of alkyl halides is 17. The van der Waals surface area contributed by atoms with Gasteiger partial charge in [0.25, 0.3) is 0 Å². The molecular weight excluding hydrogens is 614 g/mol. The van der Waals surface area contributed by atoms with Crippen molar-refractivity contribution < 1.29 is 84.6 Å². The normalized spacial score (nSPS) is 15.0. The number of carbonyl (C=O) groups excluding carboxylic acids is 2. The van der Waals surface area contributed by atoms with Crippen LogP contribution in [0, 0.1) is 0 Å². The van der Waals surface area contributed by atoms with Crippen LogP contribution in [0.2, 0.25) is 0 Å². The molecule has 22 heteroatoms. The summed E-state index contributed by atoms with van der Waals surface area (Å²) < 4.78 is 219. The SMILES string of the molecule is COC(=O)c1sccc1NC(=O)C(F)(F)C(F)(F)C(F)(F)C(F)(F)C(F)(F)C(F)(F)C(F)(F)C(F)(F)Cl. The number of nitrogens with one attached hydrogen (secondary N) is 1. The Morgan fingerprint density at radius 2 is 1.11 bits per heavy atom. The van der Waals surface area contributed by atoms with Crippen LogP contribution in [0.3, 0.4) is 0 Å². The number of halogens is 17. The summed E-state index contributed by atoms with van der Waals surface area (Å²) in [6.07, 6.45) is 0. The zero-order valence-electron chi connectivity index (χ0n) is 16.7. The molecule has 37 heavy (non-hydrogen) atoms. The van der Waals surface area contributed by atoms with E-state index in [1.807, 2.05) is 0 Å². The minimum atomic E-state index is -8.69. The molecule has 0 radical (unpaired) electrons. The molecule has 1 rings (SSSR count). The third kappa shape index (κ3) is 4.54. The number of amides is 1. The van der Waals surface area contributed by atoms with Gasteiger partial charge in [0.05, 0.1) is 12.8 Å². The highest BCUT2D eigenvalue weighted by atomic mass is 35.5. The van der Waals surface area contributed by atoms with E-state index in [2.05, 4.69) is 16.3 Å². The first-order chi connectivity index (χ1) is 16.1. The Kier molecular flexibility index (Phi) is 8.19. The van der Waals surface area contributed by atoms with Gasteiger partial charge in [-0.15, -0.1) is 11.3 Å². The molecule has 4 nitrogen and oxygen atoms in total. The minimum absolute atomic E-state index is 0.247. The van der Waals surface area contributed by atoms with Crippen molar-refractivity contribution in [3.05, 3.63) is 16.3 Å². The van der Waals surface area contributed by atoms with Crippen molar-refractivity contribution in [2.75, 3.05) is 12.4 Å². The molecule has 1 aromatic heterocycles. The number of carbonyl (C=O) groups is 2. The van der Waals surface area contributed by atoms with E-state index >= 15 is 0 Å². The van der Waals surface area contributed by atoms with E-state index in [1.54, 1.807) is 0 Å². The third-order valence-electron chi connectivity index (χ3n) is 4.29. The number of hydrogen-bond acceptors (Lipinski definition) is 4. The molecule has 1 aromatic rings. The fraction of sp³-hybridized carbons (Fsp3) is 0.600. The van der Waals surface area contributed by atoms with Gasteiger partial charge in [0.1, 0.15) is 4.88 Å². The van der Waals surface area contributed by atoms with Gasteiger partial charge in [-0.05, 0) is 23.0 Å². The third-order valence-corrected chi connectivity index (χ3v) is 5.42. The van der Waals surface area contributed by atoms with E-state index in [9.17, 15) is 79.8 Å². The predicted molar refractivity (Wildman–Crippen MR) is 89.7 cm³/mol. The molecular formula is C15H6ClF16NO3S. The van der Waals surface area contributed by atoms with Gasteiger partial charge in [-0.2, -0.15) is 70.2 Å². The number of ether oxygens (including phenoxy) is 1. The van der Waals surface area contributed by atoms with Crippen molar-refractivity contribution in [3.8, 4) is 0 Å². The van der Waals surface area contributed by atoms with E-state index in [4.69, 9.17) is 0 Å². The lowest BCUT2D eigenvalue weighted by molar-refractivity contribution is -0.445. The molecule has 0 aliphatic rings. The fourth-order valence-corrected chi connectivity index (χ4v) is 3.05. The predicted octanol–water partition coefficient (Wildman–Crippen LogP) is 6.75. The van der Waals surface area contributed by atoms with E-state index in [1.165, 1.54) is 0 Å². The first-order valence-electron chi connectivity index (χ1n) is 8.30. The standard InChI is InChI=1S/C15H6ClF16NO3S/c1-36-6(34)5-4(2-3-37-5)33-7(35)8(17,18)9(19,20)10(21,22)11(23,24)12(25,26)13(27,28)14(29,30)15(16,31)32/h2-3H,1H3,(H,33,35). The number of thiophene rings is 1. The quantitative estimate of drug-likeness (QED) is 0.179. The van der Waals surface area contributed by atoms with Crippen LogP contribution in [0.4, 0.5) is 75.9 Å². The minimum Gasteiger partial charge on any atom is -0.465 e. The number of anilines is 1. The second kappa shape index (κ2) is 9.23. The van der Waals surface area contributed by atoms with Crippen LogP contribution < -0.4 is 5.32 Å². The Hall–Kier alpha value is -2.19. The largest absolute Gasteiger partial charge is 0.465 e. The van der Waals surface area contributed by atoms with Gasteiger partial charge >= 0.3 is 58.7 Å².